The van der Waals surface area contributed by atoms with Gasteiger partial charge >= 0.3 is 0 Å². The van der Waals surface area contributed by atoms with E-state index in [4.69, 9.17) is 16.7 Å². The Morgan fingerprint density at radius 1 is 0.962 bits per heavy atom. The van der Waals surface area contributed by atoms with Gasteiger partial charge in [-0.15, -0.1) is 0 Å². The molecule has 0 saturated carbocycles. The monoisotopic (exact) mass is 428 g/mol. The summed E-state index contributed by atoms with van der Waals surface area (Å²) in [7, 11) is 0. The Morgan fingerprint density at radius 3 is 2.38 bits per heavy atom. The van der Waals surface area contributed by atoms with Gasteiger partial charge in [0.15, 0.2) is 0 Å². The van der Waals surface area contributed by atoms with Crippen molar-refractivity contribution in [2.75, 3.05) is 5.01 Å². The summed E-state index contributed by atoms with van der Waals surface area (Å²) in [6.45, 7) is 0. The Labute approximate surface area is 165 Å². The number of hydrogen-bond acceptors (Lipinski definition) is 2. The van der Waals surface area contributed by atoms with Crippen molar-refractivity contribution < 1.29 is 4.39 Å². The molecular weight excluding hydrogens is 415 g/mol. The Morgan fingerprint density at radius 2 is 1.65 bits per heavy atom. The first-order chi connectivity index (χ1) is 12.6. The molecule has 0 aliphatic carbocycles. The molecule has 4 rings (SSSR count). The number of hydrogen-bond donors (Lipinski definition) is 0. The molecule has 0 amide bonds. The minimum Gasteiger partial charge on any atom is -0.256 e. The number of hydrazone groups is 1. The highest BCUT2D eigenvalue weighted by molar-refractivity contribution is 9.10. The van der Waals surface area contributed by atoms with Crippen LogP contribution in [0.5, 0.6) is 0 Å². The number of rotatable bonds is 3. The summed E-state index contributed by atoms with van der Waals surface area (Å²) in [5.74, 6) is -0.255. The van der Waals surface area contributed by atoms with Crippen molar-refractivity contribution in [1.82, 2.24) is 0 Å². The van der Waals surface area contributed by atoms with Crippen LogP contribution < -0.4 is 5.01 Å². The minimum absolute atomic E-state index is 0.0272. The Balaban J connectivity index is 1.80. The Hall–Kier alpha value is -2.17. The van der Waals surface area contributed by atoms with Gasteiger partial charge in [0.25, 0.3) is 0 Å². The van der Waals surface area contributed by atoms with Gasteiger partial charge in [0.05, 0.1) is 17.4 Å². The molecule has 26 heavy (non-hydrogen) atoms. The fraction of sp³-hybridized carbons (Fsp3) is 0.0952. The predicted molar refractivity (Wildman–Crippen MR) is 108 cm³/mol. The van der Waals surface area contributed by atoms with E-state index < -0.39 is 0 Å². The minimum atomic E-state index is -0.255. The molecule has 1 aliphatic heterocycles. The number of halogens is 3. The van der Waals surface area contributed by atoms with Crippen molar-refractivity contribution >= 4 is 38.9 Å². The molecule has 130 valence electrons. The first-order valence-corrected chi connectivity index (χ1v) is 9.42. The van der Waals surface area contributed by atoms with E-state index >= 15 is 0 Å². The summed E-state index contributed by atoms with van der Waals surface area (Å²) in [5.41, 5.74) is 3.30. The lowest BCUT2D eigenvalue weighted by Crippen LogP contribution is -2.18. The van der Waals surface area contributed by atoms with E-state index in [2.05, 4.69) is 15.9 Å². The van der Waals surface area contributed by atoms with Crippen molar-refractivity contribution in [2.45, 2.75) is 12.5 Å². The van der Waals surface area contributed by atoms with Gasteiger partial charge in [-0.2, -0.15) is 5.10 Å². The van der Waals surface area contributed by atoms with Crippen molar-refractivity contribution in [3.05, 3.63) is 99.2 Å². The van der Waals surface area contributed by atoms with Crippen LogP contribution in [0, 0.1) is 5.82 Å². The molecule has 3 aromatic rings. The number of nitrogens with zero attached hydrogens (tertiary/aromatic N) is 2. The topological polar surface area (TPSA) is 15.6 Å². The largest absolute Gasteiger partial charge is 0.256 e. The van der Waals surface area contributed by atoms with Gasteiger partial charge in [-0.05, 0) is 51.8 Å². The van der Waals surface area contributed by atoms with Crippen LogP contribution in [0.15, 0.2) is 82.4 Å². The van der Waals surface area contributed by atoms with Gasteiger partial charge in [-0.3, -0.25) is 5.01 Å². The highest BCUT2D eigenvalue weighted by atomic mass is 79.9. The zero-order chi connectivity index (χ0) is 18.1. The molecule has 0 aromatic heterocycles. The molecule has 5 heteroatoms. The number of para-hydroxylation sites is 1. The molecule has 0 saturated heterocycles. The molecule has 2 nitrogen and oxygen atoms in total. The Kier molecular flexibility index (Phi) is 4.79. The van der Waals surface area contributed by atoms with Crippen molar-refractivity contribution in [1.29, 1.82) is 0 Å². The normalized spacial score (nSPS) is 16.7. The average molecular weight is 430 g/mol. The SMILES string of the molecule is Fc1ccccc1C1=NN(c2ccccc2Br)[C@@H](c2ccc(Cl)cc2)C1. The number of anilines is 1. The van der Waals surface area contributed by atoms with Crippen LogP contribution in [0.4, 0.5) is 10.1 Å². The van der Waals surface area contributed by atoms with Crippen LogP contribution in [-0.4, -0.2) is 5.71 Å². The van der Waals surface area contributed by atoms with E-state index in [0.717, 1.165) is 21.4 Å². The molecule has 0 unspecified atom stereocenters. The van der Waals surface area contributed by atoms with Crippen LogP contribution in [-0.2, 0) is 0 Å². The third kappa shape index (κ3) is 3.27. The van der Waals surface area contributed by atoms with E-state index in [0.29, 0.717) is 17.0 Å². The lowest BCUT2D eigenvalue weighted by molar-refractivity contribution is 0.624. The first kappa shape index (κ1) is 17.3. The number of benzene rings is 3. The third-order valence-corrected chi connectivity index (χ3v) is 5.37. The molecule has 1 aliphatic rings. The second-order valence-electron chi connectivity index (χ2n) is 6.09. The molecule has 0 spiro atoms. The van der Waals surface area contributed by atoms with E-state index in [-0.39, 0.29) is 11.9 Å². The highest BCUT2D eigenvalue weighted by Gasteiger charge is 2.31. The van der Waals surface area contributed by atoms with Crippen LogP contribution in [0.1, 0.15) is 23.6 Å². The van der Waals surface area contributed by atoms with Crippen LogP contribution in [0.25, 0.3) is 0 Å². The van der Waals surface area contributed by atoms with Crippen molar-refractivity contribution in [3.63, 3.8) is 0 Å². The van der Waals surface area contributed by atoms with Gasteiger partial charge in [-0.25, -0.2) is 4.39 Å². The summed E-state index contributed by atoms with van der Waals surface area (Å²) in [6.07, 6.45) is 0.615. The summed E-state index contributed by atoms with van der Waals surface area (Å²) in [4.78, 5) is 0. The quantitative estimate of drug-likeness (QED) is 0.458. The van der Waals surface area contributed by atoms with Crippen molar-refractivity contribution in [3.8, 4) is 0 Å². The molecule has 0 bridgehead atoms. The fourth-order valence-corrected chi connectivity index (χ4v) is 3.76. The summed E-state index contributed by atoms with van der Waals surface area (Å²) < 4.78 is 15.2. The summed E-state index contributed by atoms with van der Waals surface area (Å²) in [6, 6.07) is 22.4. The van der Waals surface area contributed by atoms with E-state index in [1.54, 1.807) is 12.1 Å². The van der Waals surface area contributed by atoms with Gasteiger partial charge in [0, 0.05) is 21.5 Å². The van der Waals surface area contributed by atoms with Gasteiger partial charge in [0.1, 0.15) is 5.82 Å². The van der Waals surface area contributed by atoms with Gasteiger partial charge < -0.3 is 0 Å². The summed E-state index contributed by atoms with van der Waals surface area (Å²) in [5, 5.41) is 7.42. The maximum absolute atomic E-state index is 14.3. The van der Waals surface area contributed by atoms with Crippen LogP contribution >= 0.6 is 27.5 Å². The van der Waals surface area contributed by atoms with E-state index in [1.807, 2.05) is 59.6 Å². The standard InChI is InChI=1S/C21H15BrClFN2/c22-17-6-2-4-8-20(17)26-21(14-9-11-15(23)12-10-14)13-19(25-26)16-5-1-3-7-18(16)24/h1-12,21H,13H2/t21-/m1/s1. The zero-order valence-electron chi connectivity index (χ0n) is 13.7. The average Bonchev–Trinajstić information content (AvgIpc) is 3.08. The second kappa shape index (κ2) is 7.22. The summed E-state index contributed by atoms with van der Waals surface area (Å²) >= 11 is 9.65. The molecule has 1 atom stereocenters. The zero-order valence-corrected chi connectivity index (χ0v) is 16.1. The molecular formula is C21H15BrClFN2. The lowest BCUT2D eigenvalue weighted by Gasteiger charge is -2.25. The lowest BCUT2D eigenvalue weighted by atomic mass is 9.98. The van der Waals surface area contributed by atoms with E-state index in [1.165, 1.54) is 6.07 Å². The highest BCUT2D eigenvalue weighted by Crippen LogP contribution is 2.40. The molecule has 0 radical (unpaired) electrons. The van der Waals surface area contributed by atoms with Gasteiger partial charge in [-0.1, -0.05) is 54.1 Å². The van der Waals surface area contributed by atoms with Crippen LogP contribution in [0.2, 0.25) is 5.02 Å². The first-order valence-electron chi connectivity index (χ1n) is 8.25. The third-order valence-electron chi connectivity index (χ3n) is 4.45. The van der Waals surface area contributed by atoms with E-state index in [9.17, 15) is 4.39 Å². The maximum Gasteiger partial charge on any atom is 0.132 e. The fourth-order valence-electron chi connectivity index (χ4n) is 3.17. The maximum atomic E-state index is 14.3. The van der Waals surface area contributed by atoms with Gasteiger partial charge in [0.2, 0.25) is 0 Å². The second-order valence-corrected chi connectivity index (χ2v) is 7.38. The smallest absolute Gasteiger partial charge is 0.132 e. The van der Waals surface area contributed by atoms with Crippen LogP contribution in [0.3, 0.4) is 0 Å². The van der Waals surface area contributed by atoms with Crippen molar-refractivity contribution in [2.24, 2.45) is 5.10 Å². The predicted octanol–water partition coefficient (Wildman–Crippen LogP) is 6.60. The molecule has 0 fully saturated rings. The molecule has 1 heterocycles. The molecule has 0 N–H and O–H groups in total. The Bertz CT molecular complexity index is 972. The molecule has 3 aromatic carbocycles.